The molecule has 0 saturated carbocycles. The van der Waals surface area contributed by atoms with Gasteiger partial charge in [0.1, 0.15) is 11.4 Å². The van der Waals surface area contributed by atoms with Crippen molar-refractivity contribution in [1.82, 2.24) is 10.2 Å². The van der Waals surface area contributed by atoms with E-state index in [0.29, 0.717) is 30.1 Å². The molecule has 0 radical (unpaired) electrons. The maximum atomic E-state index is 12.9. The van der Waals surface area contributed by atoms with Gasteiger partial charge in [0.05, 0.1) is 17.1 Å². The molecule has 6 nitrogen and oxygen atoms in total. The second kappa shape index (κ2) is 6.06. The Kier molecular flexibility index (Phi) is 4.32. The molecule has 136 valence electrons. The first kappa shape index (κ1) is 17.8. The van der Waals surface area contributed by atoms with Gasteiger partial charge < -0.3 is 15.0 Å². The number of benzene rings is 1. The predicted octanol–water partition coefficient (Wildman–Crippen LogP) is 1.63. The number of carbonyl (C=O) groups excluding carboxylic acids is 1. The van der Waals surface area contributed by atoms with E-state index >= 15 is 0 Å². The van der Waals surface area contributed by atoms with Gasteiger partial charge in [0.2, 0.25) is 15.7 Å². The second-order valence-corrected chi connectivity index (χ2v) is 8.34. The zero-order chi connectivity index (χ0) is 18.4. The van der Waals surface area contributed by atoms with Crippen LogP contribution in [0, 0.1) is 0 Å². The van der Waals surface area contributed by atoms with E-state index in [2.05, 4.69) is 5.32 Å². The van der Waals surface area contributed by atoms with Crippen molar-refractivity contribution in [2.45, 2.75) is 30.1 Å². The average Bonchev–Trinajstić information content (AvgIpc) is 2.53. The van der Waals surface area contributed by atoms with Gasteiger partial charge >= 0.3 is 5.76 Å². The number of rotatable bonds is 3. The maximum absolute atomic E-state index is 12.9. The van der Waals surface area contributed by atoms with Gasteiger partial charge in [-0.15, -0.1) is 0 Å². The number of carbonyl (C=O) groups is 1. The van der Waals surface area contributed by atoms with E-state index in [1.807, 2.05) is 0 Å². The molecule has 1 aromatic carbocycles. The van der Waals surface area contributed by atoms with Crippen molar-refractivity contribution in [2.24, 2.45) is 0 Å². The number of amides is 1. The number of halogens is 2. The molecule has 1 N–H and O–H groups in total. The Balaban J connectivity index is 2.14. The Bertz CT molecular complexity index is 850. The Labute approximate surface area is 144 Å². The van der Waals surface area contributed by atoms with Crippen LogP contribution in [0.4, 0.5) is 8.78 Å². The van der Waals surface area contributed by atoms with Gasteiger partial charge in [-0.3, -0.25) is 4.79 Å². The third-order valence-electron chi connectivity index (χ3n) is 4.03. The summed E-state index contributed by atoms with van der Waals surface area (Å²) in [7, 11) is -4.74. The minimum Gasteiger partial charge on any atom is -0.483 e. The summed E-state index contributed by atoms with van der Waals surface area (Å²) in [6.45, 7) is 4.72. The number of alkyl halides is 2. The van der Waals surface area contributed by atoms with Gasteiger partial charge in [-0.05, 0) is 38.1 Å². The Morgan fingerprint density at radius 3 is 2.68 bits per heavy atom. The van der Waals surface area contributed by atoms with Crippen LogP contribution in [0.5, 0.6) is 5.75 Å². The molecule has 2 aliphatic heterocycles. The average molecular weight is 372 g/mol. The van der Waals surface area contributed by atoms with Crippen LogP contribution in [0.1, 0.15) is 19.4 Å². The zero-order valence-electron chi connectivity index (χ0n) is 13.8. The van der Waals surface area contributed by atoms with E-state index in [0.717, 1.165) is 12.1 Å². The third-order valence-corrected chi connectivity index (χ3v) is 5.41. The SMILES string of the molecule is CC1(C)C=C(N2CCNCC2=O)c2cc(S(=O)(=O)C(F)F)ccc2O1. The highest BCUT2D eigenvalue weighted by atomic mass is 32.2. The second-order valence-electron chi connectivity index (χ2n) is 6.42. The van der Waals surface area contributed by atoms with Crippen molar-refractivity contribution < 1.29 is 26.7 Å². The number of nitrogens with zero attached hydrogens (tertiary/aromatic N) is 1. The topological polar surface area (TPSA) is 75.7 Å². The lowest BCUT2D eigenvalue weighted by Crippen LogP contribution is -2.48. The summed E-state index contributed by atoms with van der Waals surface area (Å²) in [4.78, 5) is 13.3. The number of piperazine rings is 1. The van der Waals surface area contributed by atoms with Crippen LogP contribution in [0.2, 0.25) is 0 Å². The van der Waals surface area contributed by atoms with Crippen LogP contribution < -0.4 is 10.1 Å². The van der Waals surface area contributed by atoms with Crippen molar-refractivity contribution in [1.29, 1.82) is 0 Å². The number of ether oxygens (including phenoxy) is 1. The summed E-state index contributed by atoms with van der Waals surface area (Å²) in [5.74, 6) is -3.34. The number of hydrogen-bond donors (Lipinski definition) is 1. The lowest BCUT2D eigenvalue weighted by atomic mass is 9.98. The molecule has 1 saturated heterocycles. The Hall–Kier alpha value is -2.00. The van der Waals surface area contributed by atoms with E-state index in [1.165, 1.54) is 11.0 Å². The van der Waals surface area contributed by atoms with Crippen LogP contribution in [0.3, 0.4) is 0 Å². The van der Waals surface area contributed by atoms with Crippen molar-refractivity contribution in [3.63, 3.8) is 0 Å². The fourth-order valence-electron chi connectivity index (χ4n) is 2.88. The molecule has 1 amide bonds. The van der Waals surface area contributed by atoms with Gasteiger partial charge in [0.15, 0.2) is 0 Å². The van der Waals surface area contributed by atoms with Crippen LogP contribution in [-0.4, -0.2) is 50.2 Å². The van der Waals surface area contributed by atoms with Crippen molar-refractivity contribution in [3.8, 4) is 5.75 Å². The van der Waals surface area contributed by atoms with Crippen LogP contribution >= 0.6 is 0 Å². The number of fused-ring (bicyclic) bond motifs is 1. The quantitative estimate of drug-likeness (QED) is 0.873. The molecule has 1 aromatic rings. The van der Waals surface area contributed by atoms with Crippen molar-refractivity contribution in [2.75, 3.05) is 19.6 Å². The fourth-order valence-corrected chi connectivity index (χ4v) is 3.63. The number of sulfone groups is 1. The third kappa shape index (κ3) is 3.25. The van der Waals surface area contributed by atoms with E-state index in [4.69, 9.17) is 4.74 Å². The number of hydrogen-bond acceptors (Lipinski definition) is 5. The minimum atomic E-state index is -4.74. The lowest BCUT2D eigenvalue weighted by Gasteiger charge is -2.37. The summed E-state index contributed by atoms with van der Waals surface area (Å²) in [6, 6.07) is 3.60. The summed E-state index contributed by atoms with van der Waals surface area (Å²) in [5.41, 5.74) is 0.0664. The summed E-state index contributed by atoms with van der Waals surface area (Å²) >= 11 is 0. The van der Waals surface area contributed by atoms with Crippen LogP contribution in [-0.2, 0) is 14.6 Å². The molecule has 2 heterocycles. The Morgan fingerprint density at radius 1 is 1.32 bits per heavy atom. The smallest absolute Gasteiger partial charge is 0.341 e. The summed E-state index contributed by atoms with van der Waals surface area (Å²) in [5, 5.41) is 2.95. The maximum Gasteiger partial charge on any atom is 0.341 e. The first-order valence-electron chi connectivity index (χ1n) is 7.71. The van der Waals surface area contributed by atoms with E-state index in [-0.39, 0.29) is 12.5 Å². The molecule has 0 unspecified atom stereocenters. The van der Waals surface area contributed by atoms with Gasteiger partial charge in [-0.2, -0.15) is 8.78 Å². The fraction of sp³-hybridized carbons (Fsp3) is 0.438. The van der Waals surface area contributed by atoms with Crippen LogP contribution in [0.15, 0.2) is 29.2 Å². The highest BCUT2D eigenvalue weighted by Crippen LogP contribution is 2.39. The largest absolute Gasteiger partial charge is 0.483 e. The van der Waals surface area contributed by atoms with Gasteiger partial charge in [-0.1, -0.05) is 0 Å². The van der Waals surface area contributed by atoms with Crippen LogP contribution in [0.25, 0.3) is 5.70 Å². The first-order valence-corrected chi connectivity index (χ1v) is 9.26. The first-order chi connectivity index (χ1) is 11.6. The predicted molar refractivity (Wildman–Crippen MR) is 86.9 cm³/mol. The standard InChI is InChI=1S/C16H18F2N2O4S/c1-16(2)8-12(20-6-5-19-9-14(20)21)11-7-10(3-4-13(11)24-16)25(22,23)15(17)18/h3-4,7-8,15,19H,5-6,9H2,1-2H3. The van der Waals surface area contributed by atoms with Crippen molar-refractivity contribution in [3.05, 3.63) is 29.8 Å². The lowest BCUT2D eigenvalue weighted by molar-refractivity contribution is -0.128. The molecule has 0 aliphatic carbocycles. The van der Waals surface area contributed by atoms with E-state index in [1.54, 1.807) is 19.9 Å². The molecular formula is C16H18F2N2O4S. The molecule has 0 spiro atoms. The molecule has 1 fully saturated rings. The molecule has 2 aliphatic rings. The molecule has 9 heteroatoms. The molecular weight excluding hydrogens is 354 g/mol. The van der Waals surface area contributed by atoms with E-state index in [9.17, 15) is 22.0 Å². The monoisotopic (exact) mass is 372 g/mol. The molecule has 0 atom stereocenters. The summed E-state index contributed by atoms with van der Waals surface area (Å²) in [6.07, 6.45) is 1.71. The van der Waals surface area contributed by atoms with Gasteiger partial charge in [0.25, 0.3) is 0 Å². The molecule has 0 aromatic heterocycles. The molecule has 3 rings (SSSR count). The Morgan fingerprint density at radius 2 is 2.04 bits per heavy atom. The highest BCUT2D eigenvalue weighted by molar-refractivity contribution is 7.91. The van der Waals surface area contributed by atoms with Crippen molar-refractivity contribution >= 4 is 21.4 Å². The minimum absolute atomic E-state index is 0.156. The van der Waals surface area contributed by atoms with E-state index < -0.39 is 26.1 Å². The normalized spacial score (nSPS) is 20.1. The molecule has 0 bridgehead atoms. The zero-order valence-corrected chi connectivity index (χ0v) is 14.6. The summed E-state index contributed by atoms with van der Waals surface area (Å²) < 4.78 is 55.1. The number of nitrogens with one attached hydrogen (secondary N) is 1. The van der Waals surface area contributed by atoms with Gasteiger partial charge in [-0.25, -0.2) is 8.42 Å². The highest BCUT2D eigenvalue weighted by Gasteiger charge is 2.34. The molecule has 25 heavy (non-hydrogen) atoms. The van der Waals surface area contributed by atoms with Gasteiger partial charge in [0, 0.05) is 18.7 Å².